The Balaban J connectivity index is 2.20. The van der Waals surface area contributed by atoms with Gasteiger partial charge in [-0.05, 0) is 27.9 Å². The fourth-order valence-electron chi connectivity index (χ4n) is 1.58. The van der Waals surface area contributed by atoms with Gasteiger partial charge in [-0.15, -0.1) is 22.9 Å². The van der Waals surface area contributed by atoms with E-state index in [1.165, 1.54) is 10.4 Å². The van der Waals surface area contributed by atoms with Crippen LogP contribution in [0.1, 0.15) is 10.4 Å². The van der Waals surface area contributed by atoms with Crippen molar-refractivity contribution < 1.29 is 4.79 Å². The molecule has 14 heavy (non-hydrogen) atoms. The normalized spacial score (nSPS) is 15.4. The maximum Gasteiger partial charge on any atom is 0.237 e. The number of rotatable bonds is 1. The van der Waals surface area contributed by atoms with E-state index in [-0.39, 0.29) is 11.8 Å². The minimum absolute atomic E-state index is 0.0235. The number of amides is 1. The van der Waals surface area contributed by atoms with E-state index in [4.69, 9.17) is 11.6 Å². The van der Waals surface area contributed by atoms with E-state index in [1.54, 1.807) is 11.3 Å². The van der Waals surface area contributed by atoms with E-state index in [0.29, 0.717) is 6.54 Å². The Labute approximate surface area is 100.0 Å². The Morgan fingerprint density at radius 2 is 2.50 bits per heavy atom. The molecule has 5 heteroatoms. The lowest BCUT2D eigenvalue weighted by atomic mass is 10.1. The molecule has 0 N–H and O–H groups in total. The number of carbonyl (C=O) groups excluding carboxylic acids is 1. The van der Waals surface area contributed by atoms with E-state index in [0.717, 1.165) is 17.4 Å². The van der Waals surface area contributed by atoms with Crippen LogP contribution in [0, 0.1) is 0 Å². The predicted molar refractivity (Wildman–Crippen MR) is 61.9 cm³/mol. The molecule has 1 aromatic heterocycles. The van der Waals surface area contributed by atoms with Crippen LogP contribution in [0.15, 0.2) is 9.85 Å². The summed E-state index contributed by atoms with van der Waals surface area (Å²) in [5.74, 6) is 0.104. The number of hydrogen-bond donors (Lipinski definition) is 0. The highest BCUT2D eigenvalue weighted by Gasteiger charge is 2.22. The molecule has 1 aromatic rings. The lowest BCUT2D eigenvalue weighted by Crippen LogP contribution is -2.36. The van der Waals surface area contributed by atoms with Crippen LogP contribution in [0.2, 0.25) is 0 Å². The molecule has 2 rings (SSSR count). The molecular weight excluding hydrogens is 286 g/mol. The van der Waals surface area contributed by atoms with Crippen LogP contribution in [0.4, 0.5) is 0 Å². The first-order chi connectivity index (χ1) is 6.72. The highest BCUT2D eigenvalue weighted by atomic mass is 79.9. The second-order valence-corrected chi connectivity index (χ2v) is 5.27. The summed E-state index contributed by atoms with van der Waals surface area (Å²) in [5.41, 5.74) is 1.25. The SMILES string of the molecule is O=C(CCl)N1CCc2scc(Br)c2C1. The summed E-state index contributed by atoms with van der Waals surface area (Å²) in [6.07, 6.45) is 0.953. The van der Waals surface area contributed by atoms with Crippen LogP contribution < -0.4 is 0 Å². The monoisotopic (exact) mass is 293 g/mol. The average molecular weight is 295 g/mol. The summed E-state index contributed by atoms with van der Waals surface area (Å²) < 4.78 is 1.12. The lowest BCUT2D eigenvalue weighted by Gasteiger charge is -2.26. The first-order valence-electron chi connectivity index (χ1n) is 4.31. The molecule has 1 aliphatic heterocycles. The van der Waals surface area contributed by atoms with Gasteiger partial charge in [0.15, 0.2) is 0 Å². The molecule has 0 aliphatic carbocycles. The Morgan fingerprint density at radius 1 is 1.71 bits per heavy atom. The van der Waals surface area contributed by atoms with Gasteiger partial charge in [0, 0.05) is 27.8 Å². The molecule has 1 aliphatic rings. The number of hydrogen-bond acceptors (Lipinski definition) is 2. The number of nitrogens with zero attached hydrogens (tertiary/aromatic N) is 1. The Morgan fingerprint density at radius 3 is 3.21 bits per heavy atom. The van der Waals surface area contributed by atoms with Gasteiger partial charge in [-0.2, -0.15) is 0 Å². The summed E-state index contributed by atoms with van der Waals surface area (Å²) in [6.45, 7) is 1.50. The van der Waals surface area contributed by atoms with Crippen LogP contribution in [0.25, 0.3) is 0 Å². The second kappa shape index (κ2) is 4.21. The summed E-state index contributed by atoms with van der Waals surface area (Å²) in [7, 11) is 0. The quantitative estimate of drug-likeness (QED) is 0.729. The van der Waals surface area contributed by atoms with Crippen molar-refractivity contribution in [2.75, 3.05) is 12.4 Å². The van der Waals surface area contributed by atoms with E-state index in [2.05, 4.69) is 21.3 Å². The van der Waals surface area contributed by atoms with Crippen LogP contribution in [-0.2, 0) is 17.8 Å². The highest BCUT2D eigenvalue weighted by molar-refractivity contribution is 9.10. The molecule has 76 valence electrons. The van der Waals surface area contributed by atoms with Crippen LogP contribution in [-0.4, -0.2) is 23.2 Å². The van der Waals surface area contributed by atoms with Crippen molar-refractivity contribution in [3.8, 4) is 0 Å². The van der Waals surface area contributed by atoms with Gasteiger partial charge in [0.05, 0.1) is 0 Å². The molecule has 0 spiro atoms. The molecule has 0 fully saturated rings. The number of fused-ring (bicyclic) bond motifs is 1. The largest absolute Gasteiger partial charge is 0.337 e. The van der Waals surface area contributed by atoms with Crippen molar-refractivity contribution >= 4 is 44.8 Å². The smallest absolute Gasteiger partial charge is 0.237 e. The van der Waals surface area contributed by atoms with Crippen molar-refractivity contribution in [3.63, 3.8) is 0 Å². The third-order valence-electron chi connectivity index (χ3n) is 2.35. The molecule has 0 atom stereocenters. The molecular formula is C9H9BrClNOS. The lowest BCUT2D eigenvalue weighted by molar-refractivity contribution is -0.129. The molecule has 0 unspecified atom stereocenters. The number of halogens is 2. The zero-order chi connectivity index (χ0) is 10.1. The van der Waals surface area contributed by atoms with Crippen molar-refractivity contribution in [2.45, 2.75) is 13.0 Å². The molecule has 2 nitrogen and oxygen atoms in total. The standard InChI is InChI=1S/C9H9BrClNOS/c10-7-5-14-8-1-2-12(4-6(7)8)9(13)3-11/h5H,1-4H2. The number of thiophene rings is 1. The molecule has 0 radical (unpaired) electrons. The van der Waals surface area contributed by atoms with E-state index >= 15 is 0 Å². The van der Waals surface area contributed by atoms with Gasteiger partial charge in [-0.25, -0.2) is 0 Å². The van der Waals surface area contributed by atoms with Crippen LogP contribution in [0.5, 0.6) is 0 Å². The fourth-order valence-corrected chi connectivity index (χ4v) is 3.43. The zero-order valence-electron chi connectivity index (χ0n) is 7.43. The minimum atomic E-state index is 0.0235. The van der Waals surface area contributed by atoms with E-state index < -0.39 is 0 Å². The van der Waals surface area contributed by atoms with Gasteiger partial charge in [-0.3, -0.25) is 4.79 Å². The summed E-state index contributed by atoms with van der Waals surface area (Å²) in [6, 6.07) is 0. The van der Waals surface area contributed by atoms with Gasteiger partial charge >= 0.3 is 0 Å². The number of alkyl halides is 1. The first kappa shape index (κ1) is 10.5. The third-order valence-corrected chi connectivity index (χ3v) is 4.68. The zero-order valence-corrected chi connectivity index (χ0v) is 10.6. The Kier molecular flexibility index (Phi) is 3.14. The van der Waals surface area contributed by atoms with Crippen molar-refractivity contribution in [1.29, 1.82) is 0 Å². The van der Waals surface area contributed by atoms with Gasteiger partial charge in [0.1, 0.15) is 5.88 Å². The van der Waals surface area contributed by atoms with Crippen LogP contribution in [0.3, 0.4) is 0 Å². The highest BCUT2D eigenvalue weighted by Crippen LogP contribution is 2.32. The van der Waals surface area contributed by atoms with E-state index in [1.807, 2.05) is 4.90 Å². The second-order valence-electron chi connectivity index (χ2n) is 3.18. The molecule has 0 saturated heterocycles. The molecule has 0 saturated carbocycles. The minimum Gasteiger partial charge on any atom is -0.337 e. The molecule has 0 bridgehead atoms. The maximum atomic E-state index is 11.4. The van der Waals surface area contributed by atoms with Gasteiger partial charge in [0.2, 0.25) is 5.91 Å². The third kappa shape index (κ3) is 1.83. The first-order valence-corrected chi connectivity index (χ1v) is 6.51. The molecule has 1 amide bonds. The summed E-state index contributed by atoms with van der Waals surface area (Å²) in [5, 5.41) is 2.08. The summed E-state index contributed by atoms with van der Waals surface area (Å²) in [4.78, 5) is 14.6. The van der Waals surface area contributed by atoms with Gasteiger partial charge in [-0.1, -0.05) is 0 Å². The fraction of sp³-hybridized carbons (Fsp3) is 0.444. The Bertz CT molecular complexity index is 366. The van der Waals surface area contributed by atoms with Crippen LogP contribution >= 0.6 is 38.9 Å². The van der Waals surface area contributed by atoms with Gasteiger partial charge < -0.3 is 4.90 Å². The summed E-state index contributed by atoms with van der Waals surface area (Å²) >= 11 is 10.8. The molecule has 2 heterocycles. The predicted octanol–water partition coefficient (Wildman–Crippen LogP) is 2.63. The number of carbonyl (C=O) groups is 1. The van der Waals surface area contributed by atoms with Crippen molar-refractivity contribution in [1.82, 2.24) is 4.90 Å². The van der Waals surface area contributed by atoms with Crippen molar-refractivity contribution in [3.05, 3.63) is 20.3 Å². The van der Waals surface area contributed by atoms with Crippen molar-refractivity contribution in [2.24, 2.45) is 0 Å². The van der Waals surface area contributed by atoms with Gasteiger partial charge in [0.25, 0.3) is 0 Å². The van der Waals surface area contributed by atoms with E-state index in [9.17, 15) is 4.79 Å². The Hall–Kier alpha value is -0.0600. The molecule has 0 aromatic carbocycles. The topological polar surface area (TPSA) is 20.3 Å². The maximum absolute atomic E-state index is 11.4. The average Bonchev–Trinajstić information content (AvgIpc) is 2.59.